The zero-order chi connectivity index (χ0) is 15.0. The van der Waals surface area contributed by atoms with E-state index in [9.17, 15) is 4.79 Å². The molecule has 1 aliphatic carbocycles. The Morgan fingerprint density at radius 1 is 1.52 bits per heavy atom. The Labute approximate surface area is 125 Å². The fourth-order valence-electron chi connectivity index (χ4n) is 2.98. The third-order valence-electron chi connectivity index (χ3n) is 4.19. The highest BCUT2D eigenvalue weighted by Gasteiger charge is 2.27. The van der Waals surface area contributed by atoms with E-state index in [1.165, 1.54) is 11.3 Å². The van der Waals surface area contributed by atoms with Crippen LogP contribution in [0.5, 0.6) is 0 Å². The van der Waals surface area contributed by atoms with Gasteiger partial charge < -0.3 is 9.72 Å². The van der Waals surface area contributed by atoms with Crippen LogP contribution in [-0.2, 0) is 17.6 Å². The van der Waals surface area contributed by atoms with Gasteiger partial charge in [-0.25, -0.2) is 4.98 Å². The topological polar surface area (TPSA) is 46.4 Å². The Bertz CT molecular complexity index is 672. The zero-order valence-electron chi connectivity index (χ0n) is 13.0. The molecule has 21 heavy (non-hydrogen) atoms. The maximum absolute atomic E-state index is 12.3. The Morgan fingerprint density at radius 3 is 3.10 bits per heavy atom. The molecule has 0 aliphatic heterocycles. The van der Waals surface area contributed by atoms with E-state index in [-0.39, 0.29) is 11.8 Å². The van der Waals surface area contributed by atoms with Crippen molar-refractivity contribution in [3.63, 3.8) is 0 Å². The van der Waals surface area contributed by atoms with Gasteiger partial charge in [-0.05, 0) is 43.4 Å². The van der Waals surface area contributed by atoms with Crippen LogP contribution < -0.4 is 5.32 Å². The number of carbonyl (C=O) groups is 1. The average Bonchev–Trinajstić information content (AvgIpc) is 2.80. The van der Waals surface area contributed by atoms with E-state index in [0.29, 0.717) is 5.92 Å². The largest absolute Gasteiger partial charge is 0.356 e. The Morgan fingerprint density at radius 2 is 2.33 bits per heavy atom. The van der Waals surface area contributed by atoms with Crippen molar-refractivity contribution in [2.24, 2.45) is 11.8 Å². The van der Waals surface area contributed by atoms with Crippen molar-refractivity contribution in [1.29, 1.82) is 0 Å². The normalized spacial score (nSPS) is 18.0. The van der Waals surface area contributed by atoms with Crippen LogP contribution in [0.25, 0.3) is 5.65 Å². The monoisotopic (exact) mass is 285 g/mol. The third kappa shape index (κ3) is 2.80. The molecule has 0 fully saturated rings. The number of nitrogens with one attached hydrogen (secondary N) is 1. The fourth-order valence-corrected chi connectivity index (χ4v) is 2.98. The lowest BCUT2D eigenvalue weighted by atomic mass is 9.89. The molecule has 2 heterocycles. The first kappa shape index (κ1) is 14.1. The predicted molar refractivity (Wildman–Crippen MR) is 83.3 cm³/mol. The average molecular weight is 285 g/mol. The minimum absolute atomic E-state index is 0.0810. The molecule has 3 rings (SSSR count). The van der Waals surface area contributed by atoms with Gasteiger partial charge in [0.15, 0.2) is 0 Å². The molecule has 2 aromatic rings. The lowest BCUT2D eigenvalue weighted by Crippen LogP contribution is -2.36. The van der Waals surface area contributed by atoms with Crippen molar-refractivity contribution in [3.8, 4) is 0 Å². The van der Waals surface area contributed by atoms with Crippen LogP contribution in [0, 0.1) is 18.8 Å². The maximum Gasteiger partial charge on any atom is 0.223 e. The van der Waals surface area contributed by atoms with E-state index in [1.807, 2.05) is 0 Å². The number of imidazole rings is 1. The molecule has 0 saturated heterocycles. The van der Waals surface area contributed by atoms with Gasteiger partial charge in [-0.1, -0.05) is 13.8 Å². The Balaban J connectivity index is 1.81. The fraction of sp³-hybridized carbons (Fsp3) is 0.529. The lowest BCUT2D eigenvalue weighted by molar-refractivity contribution is -0.125. The molecule has 0 spiro atoms. The minimum atomic E-state index is 0.0810. The van der Waals surface area contributed by atoms with E-state index in [1.54, 1.807) is 0 Å². The summed E-state index contributed by atoms with van der Waals surface area (Å²) >= 11 is 0. The molecule has 1 atom stereocenters. The van der Waals surface area contributed by atoms with E-state index < -0.39 is 0 Å². The first-order valence-electron chi connectivity index (χ1n) is 7.78. The number of hydrogen-bond acceptors (Lipinski definition) is 2. The number of aromatic nitrogens is 2. The molecule has 0 aromatic carbocycles. The van der Waals surface area contributed by atoms with Crippen LogP contribution in [0.15, 0.2) is 18.3 Å². The van der Waals surface area contributed by atoms with E-state index >= 15 is 0 Å². The molecule has 0 bridgehead atoms. The quantitative estimate of drug-likeness (QED) is 0.942. The SMILES string of the molecule is Cc1ccn2c3c(nc2c1)CCC(C(=O)NCC(C)C)C3. The molecule has 1 aliphatic rings. The van der Waals surface area contributed by atoms with Gasteiger partial charge in [0.25, 0.3) is 0 Å². The van der Waals surface area contributed by atoms with Crippen LogP contribution in [-0.4, -0.2) is 21.8 Å². The smallest absolute Gasteiger partial charge is 0.223 e. The van der Waals surface area contributed by atoms with Crippen LogP contribution in [0.2, 0.25) is 0 Å². The summed E-state index contributed by atoms with van der Waals surface area (Å²) in [5, 5.41) is 3.06. The molecule has 4 nitrogen and oxygen atoms in total. The zero-order valence-corrected chi connectivity index (χ0v) is 13.0. The summed E-state index contributed by atoms with van der Waals surface area (Å²) in [4.78, 5) is 17.0. The maximum atomic E-state index is 12.3. The second-order valence-corrected chi connectivity index (χ2v) is 6.52. The molecular formula is C17H23N3O. The van der Waals surface area contributed by atoms with Gasteiger partial charge in [0, 0.05) is 30.8 Å². The number of pyridine rings is 1. The molecule has 2 aromatic heterocycles. The first-order valence-corrected chi connectivity index (χ1v) is 7.78. The molecule has 1 unspecified atom stereocenters. The summed E-state index contributed by atoms with van der Waals surface area (Å²) in [5.74, 6) is 0.765. The summed E-state index contributed by atoms with van der Waals surface area (Å²) < 4.78 is 2.14. The van der Waals surface area contributed by atoms with Gasteiger partial charge >= 0.3 is 0 Å². The highest BCUT2D eigenvalue weighted by Crippen LogP contribution is 2.26. The summed E-state index contributed by atoms with van der Waals surface area (Å²) in [7, 11) is 0. The van der Waals surface area contributed by atoms with Gasteiger partial charge in [0.1, 0.15) is 5.65 Å². The van der Waals surface area contributed by atoms with E-state index in [2.05, 4.69) is 48.8 Å². The standard InChI is InChI=1S/C17H23N3O/c1-11(2)10-18-17(21)13-4-5-14-15(9-13)20-7-6-12(3)8-16(20)19-14/h6-8,11,13H,4-5,9-10H2,1-3H3,(H,18,21). The van der Waals surface area contributed by atoms with Gasteiger partial charge in [-0.3, -0.25) is 4.79 Å². The molecular weight excluding hydrogens is 262 g/mol. The molecule has 4 heteroatoms. The van der Waals surface area contributed by atoms with E-state index in [0.717, 1.165) is 37.1 Å². The minimum Gasteiger partial charge on any atom is -0.356 e. The number of carbonyl (C=O) groups excluding carboxylic acids is 1. The van der Waals surface area contributed by atoms with Gasteiger partial charge in [0.2, 0.25) is 5.91 Å². The van der Waals surface area contributed by atoms with Crippen LogP contribution in [0.1, 0.15) is 37.2 Å². The number of amides is 1. The third-order valence-corrected chi connectivity index (χ3v) is 4.19. The van der Waals surface area contributed by atoms with Crippen molar-refractivity contribution in [3.05, 3.63) is 35.3 Å². The number of aryl methyl sites for hydroxylation is 2. The summed E-state index contributed by atoms with van der Waals surface area (Å²) in [6.45, 7) is 7.07. The molecule has 1 N–H and O–H groups in total. The van der Waals surface area contributed by atoms with Crippen molar-refractivity contribution in [1.82, 2.24) is 14.7 Å². The number of hydrogen-bond donors (Lipinski definition) is 1. The predicted octanol–water partition coefficient (Wildman–Crippen LogP) is 2.52. The van der Waals surface area contributed by atoms with Crippen molar-refractivity contribution < 1.29 is 4.79 Å². The summed E-state index contributed by atoms with van der Waals surface area (Å²) in [5.41, 5.74) is 4.59. The summed E-state index contributed by atoms with van der Waals surface area (Å²) in [6.07, 6.45) is 4.67. The molecule has 0 radical (unpaired) electrons. The Hall–Kier alpha value is -1.84. The van der Waals surface area contributed by atoms with Crippen LogP contribution in [0.4, 0.5) is 0 Å². The number of nitrogens with zero attached hydrogens (tertiary/aromatic N) is 2. The van der Waals surface area contributed by atoms with Crippen LogP contribution in [0.3, 0.4) is 0 Å². The first-order chi connectivity index (χ1) is 10.0. The number of fused-ring (bicyclic) bond motifs is 3. The van der Waals surface area contributed by atoms with Gasteiger partial charge in [0.05, 0.1) is 5.69 Å². The number of rotatable bonds is 3. The molecule has 112 valence electrons. The van der Waals surface area contributed by atoms with Crippen molar-refractivity contribution >= 4 is 11.6 Å². The second kappa shape index (κ2) is 5.51. The highest BCUT2D eigenvalue weighted by molar-refractivity contribution is 5.79. The summed E-state index contributed by atoms with van der Waals surface area (Å²) in [6, 6.07) is 4.20. The second-order valence-electron chi connectivity index (χ2n) is 6.52. The Kier molecular flexibility index (Phi) is 3.70. The highest BCUT2D eigenvalue weighted by atomic mass is 16.1. The van der Waals surface area contributed by atoms with Crippen LogP contribution >= 0.6 is 0 Å². The van der Waals surface area contributed by atoms with Gasteiger partial charge in [-0.2, -0.15) is 0 Å². The molecule has 0 saturated carbocycles. The van der Waals surface area contributed by atoms with Gasteiger partial charge in [-0.15, -0.1) is 0 Å². The molecule has 1 amide bonds. The van der Waals surface area contributed by atoms with Crippen molar-refractivity contribution in [2.75, 3.05) is 6.54 Å². The lowest BCUT2D eigenvalue weighted by Gasteiger charge is -2.21. The van der Waals surface area contributed by atoms with E-state index in [4.69, 9.17) is 4.98 Å². The van der Waals surface area contributed by atoms with Crippen molar-refractivity contribution in [2.45, 2.75) is 40.0 Å².